The normalized spacial score (nSPS) is 14.5. The summed E-state index contributed by atoms with van der Waals surface area (Å²) in [5, 5.41) is 0.813. The number of nitrogens with zero attached hydrogens (tertiary/aromatic N) is 2. The monoisotopic (exact) mass is 504 g/mol. The molecule has 2 aromatic carbocycles. The van der Waals surface area contributed by atoms with Gasteiger partial charge in [0.1, 0.15) is 5.60 Å². The number of amides is 1. The summed E-state index contributed by atoms with van der Waals surface area (Å²) in [6, 6.07) is 12.4. The van der Waals surface area contributed by atoms with Crippen molar-refractivity contribution in [1.82, 2.24) is 8.87 Å². The van der Waals surface area contributed by atoms with E-state index in [4.69, 9.17) is 4.74 Å². The van der Waals surface area contributed by atoms with Crippen molar-refractivity contribution >= 4 is 42.9 Å². The molecule has 164 valence electrons. The van der Waals surface area contributed by atoms with E-state index >= 15 is 0 Å². The summed E-state index contributed by atoms with van der Waals surface area (Å²) in [6.07, 6.45) is 0.0295. The van der Waals surface area contributed by atoms with Crippen molar-refractivity contribution in [3.8, 4) is 0 Å². The van der Waals surface area contributed by atoms with Gasteiger partial charge in [-0.25, -0.2) is 17.2 Å². The summed E-state index contributed by atoms with van der Waals surface area (Å²) in [4.78, 5) is 14.5. The second kappa shape index (κ2) is 7.67. The third-order valence-corrected chi connectivity index (χ3v) is 7.53. The van der Waals surface area contributed by atoms with Gasteiger partial charge >= 0.3 is 6.09 Å². The van der Waals surface area contributed by atoms with Gasteiger partial charge in [0.15, 0.2) is 0 Å². The Balaban J connectivity index is 1.85. The predicted molar refractivity (Wildman–Crippen MR) is 124 cm³/mol. The van der Waals surface area contributed by atoms with Crippen molar-refractivity contribution in [2.45, 2.75) is 51.2 Å². The van der Waals surface area contributed by atoms with Crippen molar-refractivity contribution in [2.24, 2.45) is 0 Å². The Labute approximate surface area is 191 Å². The number of fused-ring (bicyclic) bond motifs is 3. The van der Waals surface area contributed by atoms with Crippen LogP contribution in [-0.4, -0.2) is 35.5 Å². The van der Waals surface area contributed by atoms with Crippen molar-refractivity contribution < 1.29 is 17.9 Å². The van der Waals surface area contributed by atoms with Gasteiger partial charge in [0, 0.05) is 34.1 Å². The van der Waals surface area contributed by atoms with Gasteiger partial charge in [-0.15, -0.1) is 0 Å². The average molecular weight is 505 g/mol. The number of aromatic nitrogens is 1. The standard InChI is InChI=1S/C23H25BrN2O4S/c1-15-5-8-17(9-6-15)31(28,29)26-20-10-7-16(24)13-18(20)19-14-25(12-11-21(19)26)22(27)30-23(2,3)4/h5-10,13H,11-12,14H2,1-4H3. The first-order chi connectivity index (χ1) is 14.5. The molecule has 0 unspecified atom stereocenters. The van der Waals surface area contributed by atoms with Crippen molar-refractivity contribution in [1.29, 1.82) is 0 Å². The smallest absolute Gasteiger partial charge is 0.410 e. The highest BCUT2D eigenvalue weighted by Crippen LogP contribution is 2.36. The van der Waals surface area contributed by atoms with Gasteiger partial charge in [-0.1, -0.05) is 33.6 Å². The number of rotatable bonds is 2. The average Bonchev–Trinajstić information content (AvgIpc) is 3.00. The van der Waals surface area contributed by atoms with Crippen LogP contribution in [0.25, 0.3) is 10.9 Å². The molecule has 0 bridgehead atoms. The van der Waals surface area contributed by atoms with Crippen LogP contribution in [0.15, 0.2) is 51.8 Å². The SMILES string of the molecule is Cc1ccc(S(=O)(=O)n2c3c(c4cc(Br)ccc42)CN(C(=O)OC(C)(C)C)CC3)cc1. The quantitative estimate of drug-likeness (QED) is 0.478. The van der Waals surface area contributed by atoms with Crippen LogP contribution < -0.4 is 0 Å². The van der Waals surface area contributed by atoms with Gasteiger partial charge in [0.05, 0.1) is 17.0 Å². The Kier molecular flexibility index (Phi) is 5.42. The molecular weight excluding hydrogens is 480 g/mol. The molecule has 0 fully saturated rings. The number of ether oxygens (including phenoxy) is 1. The third kappa shape index (κ3) is 4.11. The zero-order valence-corrected chi connectivity index (χ0v) is 20.4. The molecule has 1 aromatic heterocycles. The van der Waals surface area contributed by atoms with Crippen LogP contribution in [0.1, 0.15) is 37.6 Å². The van der Waals surface area contributed by atoms with Gasteiger partial charge in [0.2, 0.25) is 0 Å². The molecule has 1 aliphatic rings. The van der Waals surface area contributed by atoms with E-state index < -0.39 is 21.7 Å². The van der Waals surface area contributed by atoms with Gasteiger partial charge in [-0.05, 0) is 58.0 Å². The number of benzene rings is 2. The number of hydrogen-bond acceptors (Lipinski definition) is 4. The maximum atomic E-state index is 13.6. The molecule has 0 N–H and O–H groups in total. The lowest BCUT2D eigenvalue weighted by molar-refractivity contribution is 0.0224. The zero-order valence-electron chi connectivity index (χ0n) is 18.0. The van der Waals surface area contributed by atoms with Crippen LogP contribution in [-0.2, 0) is 27.7 Å². The summed E-state index contributed by atoms with van der Waals surface area (Å²) in [6.45, 7) is 8.11. The molecule has 0 spiro atoms. The first-order valence-corrected chi connectivity index (χ1v) is 12.3. The topological polar surface area (TPSA) is 68.6 Å². The minimum Gasteiger partial charge on any atom is -0.444 e. The zero-order chi connectivity index (χ0) is 22.6. The molecule has 31 heavy (non-hydrogen) atoms. The molecule has 2 heterocycles. The Morgan fingerprint density at radius 2 is 1.77 bits per heavy atom. The van der Waals surface area contributed by atoms with E-state index in [-0.39, 0.29) is 4.90 Å². The number of halogens is 1. The molecule has 0 aliphatic carbocycles. The highest BCUT2D eigenvalue weighted by molar-refractivity contribution is 9.10. The minimum absolute atomic E-state index is 0.246. The van der Waals surface area contributed by atoms with Crippen LogP contribution in [0.5, 0.6) is 0 Å². The van der Waals surface area contributed by atoms with E-state index in [1.54, 1.807) is 35.2 Å². The molecule has 0 saturated heterocycles. The van der Waals surface area contributed by atoms with E-state index in [0.29, 0.717) is 30.7 Å². The van der Waals surface area contributed by atoms with Gasteiger partial charge in [-0.3, -0.25) is 0 Å². The van der Waals surface area contributed by atoms with E-state index in [0.717, 1.165) is 21.0 Å². The van der Waals surface area contributed by atoms with Crippen LogP contribution in [0.3, 0.4) is 0 Å². The van der Waals surface area contributed by atoms with Crippen LogP contribution in [0.2, 0.25) is 0 Å². The van der Waals surface area contributed by atoms with E-state index in [1.165, 1.54) is 3.97 Å². The molecule has 0 atom stereocenters. The number of carbonyl (C=O) groups is 1. The van der Waals surface area contributed by atoms with E-state index in [1.807, 2.05) is 39.8 Å². The molecule has 0 saturated carbocycles. The number of hydrogen-bond donors (Lipinski definition) is 0. The highest BCUT2D eigenvalue weighted by atomic mass is 79.9. The molecular formula is C23H25BrN2O4S. The molecule has 3 aromatic rings. The van der Waals surface area contributed by atoms with Crippen molar-refractivity contribution in [3.63, 3.8) is 0 Å². The Bertz CT molecular complexity index is 1270. The summed E-state index contributed by atoms with van der Waals surface area (Å²) < 4.78 is 35.1. The Morgan fingerprint density at radius 3 is 2.42 bits per heavy atom. The fourth-order valence-corrected chi connectivity index (χ4v) is 5.82. The fourth-order valence-electron chi connectivity index (χ4n) is 3.86. The Morgan fingerprint density at radius 1 is 1.10 bits per heavy atom. The summed E-state index contributed by atoms with van der Waals surface area (Å²) in [5.74, 6) is 0. The fraction of sp³-hybridized carbons (Fsp3) is 0.348. The van der Waals surface area contributed by atoms with Crippen LogP contribution >= 0.6 is 15.9 Å². The van der Waals surface area contributed by atoms with Crippen LogP contribution in [0.4, 0.5) is 4.79 Å². The minimum atomic E-state index is -3.79. The lowest BCUT2D eigenvalue weighted by Gasteiger charge is -2.30. The molecule has 1 amide bonds. The van der Waals surface area contributed by atoms with Crippen LogP contribution in [0, 0.1) is 6.92 Å². The Hall–Kier alpha value is -2.32. The molecule has 1 aliphatic heterocycles. The highest BCUT2D eigenvalue weighted by Gasteiger charge is 2.33. The van der Waals surface area contributed by atoms with Crippen molar-refractivity contribution in [3.05, 3.63) is 63.8 Å². The summed E-state index contributed by atoms with van der Waals surface area (Å²) in [5.41, 5.74) is 2.57. The number of aryl methyl sites for hydroxylation is 1. The maximum absolute atomic E-state index is 13.6. The molecule has 0 radical (unpaired) electrons. The molecule has 8 heteroatoms. The number of carbonyl (C=O) groups excluding carboxylic acids is 1. The third-order valence-electron chi connectivity index (χ3n) is 5.27. The van der Waals surface area contributed by atoms with Gasteiger partial charge in [-0.2, -0.15) is 0 Å². The van der Waals surface area contributed by atoms with Gasteiger partial charge in [0.25, 0.3) is 10.0 Å². The molecule has 6 nitrogen and oxygen atoms in total. The lowest BCUT2D eigenvalue weighted by Crippen LogP contribution is -2.40. The summed E-state index contributed by atoms with van der Waals surface area (Å²) >= 11 is 3.49. The first-order valence-electron chi connectivity index (χ1n) is 10.1. The van der Waals surface area contributed by atoms with E-state index in [9.17, 15) is 13.2 Å². The van der Waals surface area contributed by atoms with E-state index in [2.05, 4.69) is 15.9 Å². The van der Waals surface area contributed by atoms with Gasteiger partial charge < -0.3 is 9.64 Å². The summed E-state index contributed by atoms with van der Waals surface area (Å²) in [7, 11) is -3.79. The first kappa shape index (κ1) is 21.9. The van der Waals surface area contributed by atoms with Crippen molar-refractivity contribution in [2.75, 3.05) is 6.54 Å². The maximum Gasteiger partial charge on any atom is 0.410 e. The predicted octanol–water partition coefficient (Wildman–Crippen LogP) is 5.24. The molecule has 4 rings (SSSR count). The largest absolute Gasteiger partial charge is 0.444 e. The second-order valence-corrected chi connectivity index (χ2v) is 11.5. The second-order valence-electron chi connectivity index (χ2n) is 8.82. The lowest BCUT2D eigenvalue weighted by atomic mass is 10.1.